The number of benzene rings is 2. The second kappa shape index (κ2) is 6.25. The number of hydrogen-bond donors (Lipinski definition) is 0. The Kier molecular flexibility index (Phi) is 4.93. The summed E-state index contributed by atoms with van der Waals surface area (Å²) in [6, 6.07) is 13.7. The van der Waals surface area contributed by atoms with E-state index in [-0.39, 0.29) is 28.2 Å². The second-order valence-corrected chi connectivity index (χ2v) is 6.82. The smallest absolute Gasteiger partial charge is 0.209 e. The molecular formula is C18H18Br2FN. The number of para-hydroxylation sites is 1. The average Bonchev–Trinajstić information content (AvgIpc) is 2.65. The minimum Gasteiger partial charge on any atom is -1.00 e. The van der Waals surface area contributed by atoms with Crippen LogP contribution in [0.3, 0.4) is 0 Å². The third-order valence-electron chi connectivity index (χ3n) is 4.72. The lowest BCUT2D eigenvalue weighted by atomic mass is 9.75. The van der Waals surface area contributed by atoms with Crippen LogP contribution in [-0.2, 0) is 11.8 Å². The van der Waals surface area contributed by atoms with E-state index in [1.807, 2.05) is 12.1 Å². The summed E-state index contributed by atoms with van der Waals surface area (Å²) in [6.07, 6.45) is 0.666. The summed E-state index contributed by atoms with van der Waals surface area (Å²) in [5.41, 5.74) is 4.33. The van der Waals surface area contributed by atoms with Crippen molar-refractivity contribution < 1.29 is 25.9 Å². The van der Waals surface area contributed by atoms with Crippen molar-refractivity contribution in [1.82, 2.24) is 0 Å². The van der Waals surface area contributed by atoms with Crippen molar-refractivity contribution in [2.24, 2.45) is 0 Å². The first-order chi connectivity index (χ1) is 9.93. The fourth-order valence-electron chi connectivity index (χ4n) is 3.25. The molecule has 2 aromatic carbocycles. The highest BCUT2D eigenvalue weighted by Gasteiger charge is 2.45. The summed E-state index contributed by atoms with van der Waals surface area (Å²) in [4.78, 5) is 0. The van der Waals surface area contributed by atoms with Crippen LogP contribution < -0.4 is 17.0 Å². The van der Waals surface area contributed by atoms with Crippen molar-refractivity contribution in [3.05, 3.63) is 63.9 Å². The first-order valence-electron chi connectivity index (χ1n) is 7.04. The molecule has 2 aromatic rings. The van der Waals surface area contributed by atoms with Gasteiger partial charge in [-0.2, -0.15) is 0 Å². The molecule has 0 bridgehead atoms. The van der Waals surface area contributed by atoms with Gasteiger partial charge in [-0.25, -0.2) is 8.97 Å². The highest BCUT2D eigenvalue weighted by molar-refractivity contribution is 9.10. The molecule has 22 heavy (non-hydrogen) atoms. The van der Waals surface area contributed by atoms with Gasteiger partial charge in [0.2, 0.25) is 5.69 Å². The van der Waals surface area contributed by atoms with E-state index >= 15 is 0 Å². The Hall–Kier alpha value is -1.000. The van der Waals surface area contributed by atoms with Gasteiger partial charge in [0.05, 0.1) is 5.41 Å². The first-order valence-corrected chi connectivity index (χ1v) is 7.84. The number of fused-ring (bicyclic) bond motifs is 1. The van der Waals surface area contributed by atoms with Gasteiger partial charge in [-0.3, -0.25) is 0 Å². The molecular weight excluding hydrogens is 409 g/mol. The summed E-state index contributed by atoms with van der Waals surface area (Å²) in [5, 5.41) is 0. The molecule has 0 fully saturated rings. The molecule has 1 nitrogen and oxygen atoms in total. The Bertz CT molecular complexity index is 755. The molecule has 0 aliphatic carbocycles. The second-order valence-electron chi connectivity index (χ2n) is 5.91. The lowest BCUT2D eigenvalue weighted by molar-refractivity contribution is -0.403. The zero-order valence-electron chi connectivity index (χ0n) is 12.8. The van der Waals surface area contributed by atoms with E-state index in [9.17, 15) is 4.39 Å². The Morgan fingerprint density at radius 2 is 1.86 bits per heavy atom. The van der Waals surface area contributed by atoms with Crippen LogP contribution in [0.15, 0.2) is 46.9 Å². The van der Waals surface area contributed by atoms with E-state index in [1.54, 1.807) is 6.07 Å². The average molecular weight is 427 g/mol. The molecule has 0 saturated carbocycles. The van der Waals surface area contributed by atoms with E-state index in [1.165, 1.54) is 17.0 Å². The van der Waals surface area contributed by atoms with Gasteiger partial charge >= 0.3 is 0 Å². The van der Waals surface area contributed by atoms with Crippen molar-refractivity contribution in [2.75, 3.05) is 7.05 Å². The first kappa shape index (κ1) is 17.4. The van der Waals surface area contributed by atoms with Gasteiger partial charge in [0.15, 0.2) is 5.71 Å². The van der Waals surface area contributed by atoms with Gasteiger partial charge in [-0.15, -0.1) is 0 Å². The largest absolute Gasteiger partial charge is 1.00 e. The van der Waals surface area contributed by atoms with Crippen LogP contribution in [0.5, 0.6) is 0 Å². The standard InChI is InChI=1S/C18H18BrFN.BrH/c1-12-18(2,11-13-8-9-14(19)10-16(13)20)15-6-4-5-7-17(15)21(12)3;/h4-10H,11H2,1-3H3;1H/q+1;/p-1. The van der Waals surface area contributed by atoms with E-state index in [0.29, 0.717) is 6.42 Å². The lowest BCUT2D eigenvalue weighted by Crippen LogP contribution is -3.00. The topological polar surface area (TPSA) is 3.01 Å². The minimum atomic E-state index is -0.167. The predicted octanol–water partition coefficient (Wildman–Crippen LogP) is 1.84. The Balaban J connectivity index is 0.00000176. The van der Waals surface area contributed by atoms with Crippen molar-refractivity contribution >= 4 is 27.3 Å². The molecule has 0 saturated heterocycles. The molecule has 0 N–H and O–H groups in total. The van der Waals surface area contributed by atoms with Gasteiger partial charge in [-0.1, -0.05) is 40.2 Å². The van der Waals surface area contributed by atoms with Crippen LogP contribution >= 0.6 is 15.9 Å². The zero-order valence-corrected chi connectivity index (χ0v) is 16.0. The van der Waals surface area contributed by atoms with Gasteiger partial charge in [-0.05, 0) is 31.0 Å². The van der Waals surface area contributed by atoms with E-state index < -0.39 is 0 Å². The van der Waals surface area contributed by atoms with Gasteiger partial charge < -0.3 is 17.0 Å². The number of rotatable bonds is 2. The minimum absolute atomic E-state index is 0. The SMILES string of the molecule is CC1=[N+](C)c2ccccc2C1(C)Cc1ccc(Br)cc1F.[Br-]. The van der Waals surface area contributed by atoms with E-state index in [2.05, 4.69) is 65.7 Å². The molecule has 1 atom stereocenters. The molecule has 0 spiro atoms. The number of nitrogens with zero attached hydrogens (tertiary/aromatic N) is 1. The highest BCUT2D eigenvalue weighted by atomic mass is 79.9. The van der Waals surface area contributed by atoms with Gasteiger partial charge in [0.25, 0.3) is 0 Å². The van der Waals surface area contributed by atoms with Gasteiger partial charge in [0, 0.05) is 23.0 Å². The fourth-order valence-corrected chi connectivity index (χ4v) is 3.58. The third-order valence-corrected chi connectivity index (χ3v) is 5.21. The predicted molar refractivity (Wildman–Crippen MR) is 88.1 cm³/mol. The van der Waals surface area contributed by atoms with Crippen LogP contribution in [0.25, 0.3) is 0 Å². The van der Waals surface area contributed by atoms with Crippen LogP contribution in [0.4, 0.5) is 10.1 Å². The van der Waals surface area contributed by atoms with Crippen LogP contribution in [0.1, 0.15) is 25.0 Å². The summed E-state index contributed by atoms with van der Waals surface area (Å²) >= 11 is 3.32. The maximum Gasteiger partial charge on any atom is 0.209 e. The van der Waals surface area contributed by atoms with Crippen LogP contribution in [0, 0.1) is 5.82 Å². The van der Waals surface area contributed by atoms with Crippen molar-refractivity contribution in [2.45, 2.75) is 25.7 Å². The van der Waals surface area contributed by atoms with Crippen molar-refractivity contribution in [1.29, 1.82) is 0 Å². The fraction of sp³-hybridized carbons (Fsp3) is 0.278. The van der Waals surface area contributed by atoms with Crippen molar-refractivity contribution in [3.8, 4) is 0 Å². The van der Waals surface area contributed by atoms with Crippen LogP contribution in [0.2, 0.25) is 0 Å². The molecule has 0 radical (unpaired) electrons. The maximum absolute atomic E-state index is 14.2. The molecule has 1 aliphatic heterocycles. The zero-order chi connectivity index (χ0) is 15.2. The number of halogens is 3. The molecule has 0 aromatic heterocycles. The maximum atomic E-state index is 14.2. The molecule has 116 valence electrons. The Morgan fingerprint density at radius 1 is 1.18 bits per heavy atom. The molecule has 1 heterocycles. The quantitative estimate of drug-likeness (QED) is 0.644. The Labute approximate surface area is 149 Å². The normalized spacial score (nSPS) is 19.9. The number of hydrogen-bond acceptors (Lipinski definition) is 0. The van der Waals surface area contributed by atoms with E-state index in [4.69, 9.17) is 0 Å². The molecule has 4 heteroatoms. The third kappa shape index (κ3) is 2.67. The molecule has 0 amide bonds. The lowest BCUT2D eigenvalue weighted by Gasteiger charge is -2.22. The summed E-state index contributed by atoms with van der Waals surface area (Å²) in [7, 11) is 2.08. The van der Waals surface area contributed by atoms with Gasteiger partial charge in [0.1, 0.15) is 12.9 Å². The molecule has 1 unspecified atom stereocenters. The molecule has 1 aliphatic rings. The van der Waals surface area contributed by atoms with Crippen LogP contribution in [-0.4, -0.2) is 17.3 Å². The summed E-state index contributed by atoms with van der Waals surface area (Å²) in [6.45, 7) is 4.34. The summed E-state index contributed by atoms with van der Waals surface area (Å²) in [5.74, 6) is -0.148. The monoisotopic (exact) mass is 425 g/mol. The summed E-state index contributed by atoms with van der Waals surface area (Å²) < 4.78 is 17.2. The van der Waals surface area contributed by atoms with E-state index in [0.717, 1.165) is 10.0 Å². The Morgan fingerprint density at radius 3 is 2.55 bits per heavy atom. The molecule has 3 rings (SSSR count). The van der Waals surface area contributed by atoms with Crippen molar-refractivity contribution in [3.63, 3.8) is 0 Å². The highest BCUT2D eigenvalue weighted by Crippen LogP contribution is 2.41.